The molecule has 0 aliphatic rings. The van der Waals surface area contributed by atoms with Crippen LogP contribution in [-0.2, 0) is 0 Å². The molecule has 0 bridgehead atoms. The molecule has 4 aromatic carbocycles. The highest BCUT2D eigenvalue weighted by Gasteiger charge is 2.13. The third-order valence-electron chi connectivity index (χ3n) is 5.22. The van der Waals surface area contributed by atoms with E-state index in [9.17, 15) is 0 Å². The van der Waals surface area contributed by atoms with Crippen LogP contribution in [0.15, 0.2) is 95.7 Å². The first-order chi connectivity index (χ1) is 14.4. The Balaban J connectivity index is 1.61. The summed E-state index contributed by atoms with van der Waals surface area (Å²) in [6.45, 7) is 0. The number of para-hydroxylation sites is 1. The number of furan rings is 1. The first-order valence-corrected chi connectivity index (χ1v) is 9.46. The monoisotopic (exact) mass is 373 g/mol. The van der Waals surface area contributed by atoms with Gasteiger partial charge in [-0.25, -0.2) is 15.0 Å². The standard InChI is InChI=1S/C25H15N3O/c1-2-7-16(8-3-1)24-26-15-27-25(28-24)19-11-6-9-17-13-23-21(14-20(17)19)18-10-4-5-12-22(18)29-23/h1-15H. The summed E-state index contributed by atoms with van der Waals surface area (Å²) in [5.41, 5.74) is 3.73. The highest BCUT2D eigenvalue weighted by molar-refractivity contribution is 6.12. The molecular weight excluding hydrogens is 358 g/mol. The Hall–Kier alpha value is -4.05. The lowest BCUT2D eigenvalue weighted by Gasteiger charge is -2.07. The maximum absolute atomic E-state index is 6.04. The van der Waals surface area contributed by atoms with E-state index in [1.807, 2.05) is 54.6 Å². The van der Waals surface area contributed by atoms with Crippen molar-refractivity contribution < 1.29 is 4.42 Å². The summed E-state index contributed by atoms with van der Waals surface area (Å²) < 4.78 is 6.04. The van der Waals surface area contributed by atoms with Gasteiger partial charge in [-0.2, -0.15) is 0 Å². The summed E-state index contributed by atoms with van der Waals surface area (Å²) in [6, 6.07) is 28.5. The molecule has 6 aromatic rings. The number of hydrogen-bond donors (Lipinski definition) is 0. The van der Waals surface area contributed by atoms with Gasteiger partial charge in [-0.05, 0) is 29.0 Å². The van der Waals surface area contributed by atoms with Crippen molar-refractivity contribution >= 4 is 32.7 Å². The topological polar surface area (TPSA) is 51.8 Å². The molecule has 2 aromatic heterocycles. The zero-order valence-corrected chi connectivity index (χ0v) is 15.4. The lowest BCUT2D eigenvalue weighted by atomic mass is 10.0. The van der Waals surface area contributed by atoms with Crippen LogP contribution in [0.1, 0.15) is 0 Å². The van der Waals surface area contributed by atoms with Gasteiger partial charge in [0, 0.05) is 21.9 Å². The second kappa shape index (κ2) is 6.24. The lowest BCUT2D eigenvalue weighted by molar-refractivity contribution is 0.669. The fourth-order valence-corrected chi connectivity index (χ4v) is 3.84. The minimum Gasteiger partial charge on any atom is -0.456 e. The number of aromatic nitrogens is 3. The molecular formula is C25H15N3O. The van der Waals surface area contributed by atoms with Gasteiger partial charge >= 0.3 is 0 Å². The van der Waals surface area contributed by atoms with Crippen molar-refractivity contribution in [3.05, 3.63) is 91.3 Å². The molecule has 0 spiro atoms. The molecule has 0 saturated carbocycles. The molecule has 0 aliphatic heterocycles. The highest BCUT2D eigenvalue weighted by Crippen LogP contribution is 2.35. The minimum atomic E-state index is 0.664. The predicted molar refractivity (Wildman–Crippen MR) is 115 cm³/mol. The Labute approximate surface area is 166 Å². The average Bonchev–Trinajstić information content (AvgIpc) is 3.15. The van der Waals surface area contributed by atoms with Crippen molar-refractivity contribution in [3.63, 3.8) is 0 Å². The van der Waals surface area contributed by atoms with Crippen LogP contribution in [0.3, 0.4) is 0 Å². The van der Waals surface area contributed by atoms with Crippen LogP contribution < -0.4 is 0 Å². The molecule has 4 nitrogen and oxygen atoms in total. The third kappa shape index (κ3) is 2.57. The molecule has 0 fully saturated rings. The summed E-state index contributed by atoms with van der Waals surface area (Å²) in [5, 5.41) is 4.39. The fraction of sp³-hybridized carbons (Fsp3) is 0. The van der Waals surface area contributed by atoms with Crippen molar-refractivity contribution in [1.82, 2.24) is 15.0 Å². The average molecular weight is 373 g/mol. The van der Waals surface area contributed by atoms with Gasteiger partial charge in [0.1, 0.15) is 17.5 Å². The van der Waals surface area contributed by atoms with E-state index in [-0.39, 0.29) is 0 Å². The first kappa shape index (κ1) is 16.0. The number of fused-ring (bicyclic) bond motifs is 4. The van der Waals surface area contributed by atoms with Crippen molar-refractivity contribution in [1.29, 1.82) is 0 Å². The maximum Gasteiger partial charge on any atom is 0.163 e. The fourth-order valence-electron chi connectivity index (χ4n) is 3.84. The van der Waals surface area contributed by atoms with E-state index < -0.39 is 0 Å². The normalized spacial score (nSPS) is 11.4. The molecule has 0 amide bonds. The van der Waals surface area contributed by atoms with Gasteiger partial charge in [0.15, 0.2) is 11.6 Å². The van der Waals surface area contributed by atoms with E-state index in [0.29, 0.717) is 11.6 Å². The van der Waals surface area contributed by atoms with Gasteiger partial charge in [0.05, 0.1) is 0 Å². The van der Waals surface area contributed by atoms with Gasteiger partial charge < -0.3 is 4.42 Å². The zero-order valence-electron chi connectivity index (χ0n) is 15.4. The van der Waals surface area contributed by atoms with Crippen molar-refractivity contribution in [2.75, 3.05) is 0 Å². The van der Waals surface area contributed by atoms with Gasteiger partial charge in [-0.1, -0.05) is 66.7 Å². The van der Waals surface area contributed by atoms with Crippen molar-refractivity contribution in [3.8, 4) is 22.8 Å². The van der Waals surface area contributed by atoms with Gasteiger partial charge in [-0.3, -0.25) is 0 Å². The zero-order chi connectivity index (χ0) is 19.2. The molecule has 136 valence electrons. The minimum absolute atomic E-state index is 0.664. The van der Waals surface area contributed by atoms with Crippen LogP contribution in [-0.4, -0.2) is 15.0 Å². The second-order valence-electron chi connectivity index (χ2n) is 6.97. The van der Waals surface area contributed by atoms with Crippen LogP contribution in [0, 0.1) is 0 Å². The Kier molecular flexibility index (Phi) is 3.43. The smallest absolute Gasteiger partial charge is 0.163 e. The quantitative estimate of drug-likeness (QED) is 0.359. The Morgan fingerprint density at radius 2 is 1.41 bits per heavy atom. The first-order valence-electron chi connectivity index (χ1n) is 9.46. The molecule has 0 aliphatic carbocycles. The molecule has 0 radical (unpaired) electrons. The SMILES string of the molecule is c1ccc(-c2ncnc(-c3cccc4cc5oc6ccccc6c5cc34)n2)cc1. The molecule has 0 unspecified atom stereocenters. The molecule has 4 heteroatoms. The van der Waals surface area contributed by atoms with Crippen molar-refractivity contribution in [2.45, 2.75) is 0 Å². The van der Waals surface area contributed by atoms with Crippen LogP contribution >= 0.6 is 0 Å². The number of rotatable bonds is 2. The number of benzene rings is 4. The second-order valence-corrected chi connectivity index (χ2v) is 6.97. The van der Waals surface area contributed by atoms with Crippen molar-refractivity contribution in [2.24, 2.45) is 0 Å². The van der Waals surface area contributed by atoms with Gasteiger partial charge in [0.2, 0.25) is 0 Å². The molecule has 0 N–H and O–H groups in total. The number of nitrogens with zero attached hydrogens (tertiary/aromatic N) is 3. The summed E-state index contributed by atoms with van der Waals surface area (Å²) in [7, 11) is 0. The largest absolute Gasteiger partial charge is 0.456 e. The van der Waals surface area contributed by atoms with Crippen LogP contribution in [0.25, 0.3) is 55.5 Å². The highest BCUT2D eigenvalue weighted by atomic mass is 16.3. The maximum atomic E-state index is 6.04. The Bertz CT molecular complexity index is 1500. The summed E-state index contributed by atoms with van der Waals surface area (Å²) in [5.74, 6) is 1.33. The van der Waals surface area contributed by atoms with E-state index in [1.54, 1.807) is 6.33 Å². The lowest BCUT2D eigenvalue weighted by Crippen LogP contribution is -1.95. The molecule has 2 heterocycles. The molecule has 0 atom stereocenters. The van der Waals surface area contributed by atoms with E-state index in [1.165, 1.54) is 0 Å². The van der Waals surface area contributed by atoms with Gasteiger partial charge in [0.25, 0.3) is 0 Å². The van der Waals surface area contributed by atoms with E-state index in [2.05, 4.69) is 40.3 Å². The Morgan fingerprint density at radius 3 is 2.34 bits per heavy atom. The van der Waals surface area contributed by atoms with Crippen LogP contribution in [0.4, 0.5) is 0 Å². The van der Waals surface area contributed by atoms with E-state index in [4.69, 9.17) is 9.40 Å². The summed E-state index contributed by atoms with van der Waals surface area (Å²) >= 11 is 0. The molecule has 0 saturated heterocycles. The molecule has 6 rings (SSSR count). The van der Waals surface area contributed by atoms with Gasteiger partial charge in [-0.15, -0.1) is 0 Å². The number of hydrogen-bond acceptors (Lipinski definition) is 4. The molecule has 29 heavy (non-hydrogen) atoms. The van der Waals surface area contributed by atoms with Crippen LogP contribution in [0.2, 0.25) is 0 Å². The summed E-state index contributed by atoms with van der Waals surface area (Å²) in [6.07, 6.45) is 1.58. The Morgan fingerprint density at radius 1 is 0.586 bits per heavy atom. The summed E-state index contributed by atoms with van der Waals surface area (Å²) in [4.78, 5) is 13.6. The van der Waals surface area contributed by atoms with Crippen LogP contribution in [0.5, 0.6) is 0 Å². The predicted octanol–water partition coefficient (Wildman–Crippen LogP) is 6.26. The van der Waals surface area contributed by atoms with E-state index >= 15 is 0 Å². The third-order valence-corrected chi connectivity index (χ3v) is 5.22. The van der Waals surface area contributed by atoms with E-state index in [0.717, 1.165) is 43.8 Å².